The first-order valence-corrected chi connectivity index (χ1v) is 29.0. The lowest BCUT2D eigenvalue weighted by molar-refractivity contribution is -0.145. The highest BCUT2D eigenvalue weighted by molar-refractivity contribution is 7.22. The summed E-state index contributed by atoms with van der Waals surface area (Å²) in [5.41, 5.74) is 4.20. The highest BCUT2D eigenvalue weighted by Crippen LogP contribution is 2.40. The van der Waals surface area contributed by atoms with Crippen molar-refractivity contribution in [1.82, 2.24) is 4.98 Å². The van der Waals surface area contributed by atoms with Crippen LogP contribution in [0.1, 0.15) is 108 Å². The molecule has 0 saturated heterocycles. The average Bonchev–Trinajstić information content (AvgIpc) is 3.75. The van der Waals surface area contributed by atoms with Gasteiger partial charge < -0.3 is 37.9 Å². The summed E-state index contributed by atoms with van der Waals surface area (Å²) in [7, 11) is 0. The lowest BCUT2D eigenvalue weighted by atomic mass is 9.82. The molecule has 1 heterocycles. The fourth-order valence-corrected chi connectivity index (χ4v) is 10.6. The number of fused-ring (bicyclic) bond motifs is 2. The SMILES string of the molecule is C=CC(=O)OCCCCCCOc1ccc(OC(=O)C2CCC(C(=O)Oc3cc(/C=N/Nc4nc5ccccc5s4)c(OC(=O)C4CCC(C(=O)Oc5ccc(OCCCCCCOC(=O)C=C)cc5)CC4)c4ccccc34)CC2)cc1. The van der Waals surface area contributed by atoms with Crippen LogP contribution in [0.4, 0.5) is 5.13 Å². The van der Waals surface area contributed by atoms with Gasteiger partial charge in [0.05, 0.1) is 66.5 Å². The first-order valence-electron chi connectivity index (χ1n) is 28.1. The number of anilines is 1. The van der Waals surface area contributed by atoms with Crippen molar-refractivity contribution in [2.24, 2.45) is 28.8 Å². The normalized spacial score (nSPS) is 16.8. The van der Waals surface area contributed by atoms with E-state index < -0.39 is 47.5 Å². The van der Waals surface area contributed by atoms with Crippen LogP contribution in [-0.4, -0.2) is 73.4 Å². The molecule has 18 heteroatoms. The molecule has 0 bridgehead atoms. The van der Waals surface area contributed by atoms with E-state index in [4.69, 9.17) is 37.9 Å². The highest BCUT2D eigenvalue weighted by atomic mass is 32.1. The second-order valence-corrected chi connectivity index (χ2v) is 21.2. The minimum atomic E-state index is -0.494. The predicted octanol–water partition coefficient (Wildman–Crippen LogP) is 12.9. The molecule has 0 amide bonds. The summed E-state index contributed by atoms with van der Waals surface area (Å²) in [5.74, 6) is -1.58. The molecule has 2 fully saturated rings. The number of aromatic nitrogens is 1. The smallest absolute Gasteiger partial charge is 0.330 e. The lowest BCUT2D eigenvalue weighted by Gasteiger charge is -2.27. The Kier molecular flexibility index (Phi) is 22.6. The Balaban J connectivity index is 0.836. The number of rotatable bonds is 29. The van der Waals surface area contributed by atoms with Crippen molar-refractivity contribution in [3.63, 3.8) is 0 Å². The number of nitrogens with zero attached hydrogens (tertiary/aromatic N) is 2. The lowest BCUT2D eigenvalue weighted by Crippen LogP contribution is -2.31. The quantitative estimate of drug-likeness (QED) is 0.0115. The standard InChI is InChI=1S/C64H69N3O14S/c1-3-57(68)76-39-15-7-5-13-37-74-48-29-33-50(34-30-48)78-60(70)43-21-25-45(26-22-43)62(72)80-55-41-47(42-65-67-64-66-54-19-11-12-20-56(54)82-64)59(53-18-10-9-17-52(53)55)81-63(73)46-27-23-44(24-28-46)61(71)79-51-35-31-49(32-36-51)75-38-14-6-8-16-40-77-58(69)4-2/h3-4,9-12,17-20,29-36,41-46H,1-2,5-8,13-16,21-28,37-40H2,(H,66,67)/b65-42+. The number of benzene rings is 5. The first-order chi connectivity index (χ1) is 40.0. The van der Waals surface area contributed by atoms with E-state index in [0.29, 0.717) is 122 Å². The molecule has 5 aromatic carbocycles. The highest BCUT2D eigenvalue weighted by Gasteiger charge is 2.35. The van der Waals surface area contributed by atoms with Gasteiger partial charge in [-0.2, -0.15) is 5.10 Å². The molecule has 6 aromatic rings. The number of hydrogen-bond acceptors (Lipinski definition) is 18. The number of ether oxygens (including phenoxy) is 8. The molecule has 17 nitrogen and oxygen atoms in total. The Morgan fingerprint density at radius 1 is 0.512 bits per heavy atom. The van der Waals surface area contributed by atoms with E-state index in [9.17, 15) is 28.8 Å². The van der Waals surface area contributed by atoms with Gasteiger partial charge in [-0.25, -0.2) is 14.6 Å². The number of hydrazone groups is 1. The fraction of sp³-hybridized carbons (Fsp3) is 0.375. The molecule has 0 unspecified atom stereocenters. The van der Waals surface area contributed by atoms with E-state index in [1.807, 2.05) is 36.4 Å². The maximum absolute atomic E-state index is 14.1. The van der Waals surface area contributed by atoms with E-state index >= 15 is 0 Å². The molecule has 0 spiro atoms. The summed E-state index contributed by atoms with van der Waals surface area (Å²) in [6.45, 7) is 8.57. The number of unbranched alkanes of at least 4 members (excludes halogenated alkanes) is 6. The average molecular weight is 1140 g/mol. The van der Waals surface area contributed by atoms with Gasteiger partial charge in [0.2, 0.25) is 5.13 Å². The summed E-state index contributed by atoms with van der Waals surface area (Å²) < 4.78 is 46.7. The minimum absolute atomic E-state index is 0.239. The van der Waals surface area contributed by atoms with Gasteiger partial charge >= 0.3 is 35.8 Å². The molecule has 0 aliphatic heterocycles. The topological polar surface area (TPSA) is 214 Å². The third kappa shape index (κ3) is 17.8. The van der Waals surface area contributed by atoms with Crippen molar-refractivity contribution in [2.45, 2.75) is 103 Å². The zero-order chi connectivity index (χ0) is 57.5. The van der Waals surface area contributed by atoms with E-state index in [1.54, 1.807) is 66.7 Å². The van der Waals surface area contributed by atoms with E-state index in [1.165, 1.54) is 17.6 Å². The maximum atomic E-state index is 14.1. The third-order valence-electron chi connectivity index (χ3n) is 14.4. The fourth-order valence-electron chi connectivity index (χ4n) is 9.78. The molecule has 1 N–H and O–H groups in total. The van der Waals surface area contributed by atoms with Gasteiger partial charge in [-0.3, -0.25) is 24.6 Å². The van der Waals surface area contributed by atoms with Crippen LogP contribution in [0.3, 0.4) is 0 Å². The van der Waals surface area contributed by atoms with E-state index in [2.05, 4.69) is 28.7 Å². The van der Waals surface area contributed by atoms with Gasteiger partial charge in [-0.05, 0) is 169 Å². The molecule has 2 aliphatic carbocycles. The molecule has 2 aliphatic rings. The maximum Gasteiger partial charge on any atom is 0.330 e. The van der Waals surface area contributed by atoms with Crippen molar-refractivity contribution in [1.29, 1.82) is 0 Å². The number of esters is 6. The summed E-state index contributed by atoms with van der Waals surface area (Å²) in [6.07, 6.45) is 14.2. The van der Waals surface area contributed by atoms with Crippen LogP contribution in [0.2, 0.25) is 0 Å². The van der Waals surface area contributed by atoms with Crippen LogP contribution < -0.4 is 33.8 Å². The molecule has 0 radical (unpaired) electrons. The van der Waals surface area contributed by atoms with Crippen LogP contribution in [-0.2, 0) is 38.2 Å². The molecule has 430 valence electrons. The molecular weight excluding hydrogens is 1070 g/mol. The monoisotopic (exact) mass is 1140 g/mol. The largest absolute Gasteiger partial charge is 0.494 e. The van der Waals surface area contributed by atoms with Crippen molar-refractivity contribution in [2.75, 3.05) is 31.9 Å². The second-order valence-electron chi connectivity index (χ2n) is 20.2. The molecule has 2 saturated carbocycles. The molecule has 1 aromatic heterocycles. The summed E-state index contributed by atoms with van der Waals surface area (Å²) in [5, 5.41) is 6.13. The van der Waals surface area contributed by atoms with Crippen LogP contribution in [0.25, 0.3) is 21.0 Å². The Hall–Kier alpha value is -8.38. The van der Waals surface area contributed by atoms with Gasteiger partial charge in [0, 0.05) is 28.5 Å². The molecular formula is C64H69N3O14S. The Morgan fingerprint density at radius 2 is 0.939 bits per heavy atom. The summed E-state index contributed by atoms with van der Waals surface area (Å²) in [6, 6.07) is 30.4. The van der Waals surface area contributed by atoms with Crippen molar-refractivity contribution in [3.8, 4) is 34.5 Å². The number of nitrogens with one attached hydrogen (secondary N) is 1. The number of para-hydroxylation sites is 1. The number of hydrogen-bond donors (Lipinski definition) is 1. The second kappa shape index (κ2) is 31.0. The molecule has 82 heavy (non-hydrogen) atoms. The Morgan fingerprint density at radius 3 is 1.43 bits per heavy atom. The Labute approximate surface area is 481 Å². The zero-order valence-electron chi connectivity index (χ0n) is 45.9. The van der Waals surface area contributed by atoms with Gasteiger partial charge in [0.25, 0.3) is 0 Å². The Bertz CT molecular complexity index is 3140. The number of thiazole rings is 1. The van der Waals surface area contributed by atoms with Gasteiger partial charge in [-0.15, -0.1) is 0 Å². The number of carbonyl (C=O) groups is 6. The predicted molar refractivity (Wildman–Crippen MR) is 311 cm³/mol. The minimum Gasteiger partial charge on any atom is -0.494 e. The van der Waals surface area contributed by atoms with Crippen LogP contribution >= 0.6 is 11.3 Å². The van der Waals surface area contributed by atoms with E-state index in [0.717, 1.165) is 73.7 Å². The number of carbonyl (C=O) groups excluding carboxylic acids is 6. The third-order valence-corrected chi connectivity index (χ3v) is 15.3. The van der Waals surface area contributed by atoms with Crippen LogP contribution in [0.5, 0.6) is 34.5 Å². The summed E-state index contributed by atoms with van der Waals surface area (Å²) in [4.78, 5) is 81.7. The van der Waals surface area contributed by atoms with Crippen LogP contribution in [0.15, 0.2) is 134 Å². The van der Waals surface area contributed by atoms with Crippen molar-refractivity contribution in [3.05, 3.63) is 134 Å². The van der Waals surface area contributed by atoms with Gasteiger partial charge in [0.15, 0.2) is 0 Å². The van der Waals surface area contributed by atoms with Gasteiger partial charge in [-0.1, -0.05) is 60.9 Å². The molecule has 0 atom stereocenters. The van der Waals surface area contributed by atoms with E-state index in [-0.39, 0.29) is 23.4 Å². The van der Waals surface area contributed by atoms with Gasteiger partial charge in [0.1, 0.15) is 34.5 Å². The summed E-state index contributed by atoms with van der Waals surface area (Å²) >= 11 is 1.43. The molecule has 8 rings (SSSR count). The first kappa shape index (κ1) is 59.7. The van der Waals surface area contributed by atoms with Crippen LogP contribution in [0, 0.1) is 23.7 Å². The zero-order valence-corrected chi connectivity index (χ0v) is 46.7. The van der Waals surface area contributed by atoms with Crippen molar-refractivity contribution >= 4 is 79.5 Å². The van der Waals surface area contributed by atoms with Crippen molar-refractivity contribution < 1.29 is 66.7 Å².